The summed E-state index contributed by atoms with van der Waals surface area (Å²) in [6.07, 6.45) is 3.82. The van der Waals surface area contributed by atoms with Gasteiger partial charge in [0.25, 0.3) is 0 Å². The number of benzene rings is 1. The second-order valence-corrected chi connectivity index (χ2v) is 7.71. The fraction of sp³-hybridized carbons (Fsp3) is 0.348. The molecular weight excluding hydrogens is 428 g/mol. The fourth-order valence-electron chi connectivity index (χ4n) is 3.92. The monoisotopic (exact) mass is 454 g/mol. The van der Waals surface area contributed by atoms with Crippen LogP contribution in [0.3, 0.4) is 0 Å². The zero-order valence-corrected chi connectivity index (χ0v) is 19.1. The van der Waals surface area contributed by atoms with Crippen molar-refractivity contribution in [1.82, 2.24) is 24.3 Å². The highest BCUT2D eigenvalue weighted by Gasteiger charge is 2.20. The van der Waals surface area contributed by atoms with Gasteiger partial charge in [-0.05, 0) is 36.8 Å². The number of morpholine rings is 1. The van der Waals surface area contributed by atoms with Crippen LogP contribution in [0.25, 0.3) is 28.2 Å². The Morgan fingerprint density at radius 2 is 1.94 bits per heavy atom. The first-order valence-corrected chi connectivity index (χ1v) is 10.5. The SMILES string of the molecule is COCCn1cnc2c(N3CCOCC3)cc(-c3ccn(-c4cccc(C)c4)n3)nc21.Cl. The Kier molecular flexibility index (Phi) is 6.74. The van der Waals surface area contributed by atoms with Crippen LogP contribution in [0, 0.1) is 6.92 Å². The Bertz CT molecular complexity index is 1200. The Hall–Kier alpha value is -2.94. The number of nitrogens with zero attached hydrogens (tertiary/aromatic N) is 6. The number of ether oxygens (including phenoxy) is 2. The van der Waals surface area contributed by atoms with Gasteiger partial charge in [0.05, 0.1) is 43.2 Å². The van der Waals surface area contributed by atoms with Gasteiger partial charge in [0.1, 0.15) is 11.2 Å². The van der Waals surface area contributed by atoms with Crippen LogP contribution in [0.5, 0.6) is 0 Å². The van der Waals surface area contributed by atoms with Crippen molar-refractivity contribution in [2.75, 3.05) is 44.9 Å². The van der Waals surface area contributed by atoms with Gasteiger partial charge in [-0.15, -0.1) is 12.4 Å². The lowest BCUT2D eigenvalue weighted by atomic mass is 10.2. The van der Waals surface area contributed by atoms with Gasteiger partial charge >= 0.3 is 0 Å². The Morgan fingerprint density at radius 3 is 2.72 bits per heavy atom. The Balaban J connectivity index is 0.00000245. The zero-order chi connectivity index (χ0) is 21.2. The molecule has 4 aromatic rings. The number of methoxy groups -OCH3 is 1. The molecule has 32 heavy (non-hydrogen) atoms. The van der Waals surface area contributed by atoms with Gasteiger partial charge in [-0.1, -0.05) is 12.1 Å². The number of aryl methyl sites for hydroxylation is 1. The molecule has 8 nitrogen and oxygen atoms in total. The molecule has 0 bridgehead atoms. The van der Waals surface area contributed by atoms with Crippen molar-refractivity contribution in [3.8, 4) is 17.1 Å². The van der Waals surface area contributed by atoms with Crippen LogP contribution in [0.4, 0.5) is 5.69 Å². The molecular formula is C23H27ClN6O2. The fourth-order valence-corrected chi connectivity index (χ4v) is 3.92. The largest absolute Gasteiger partial charge is 0.383 e. The molecule has 9 heteroatoms. The number of aromatic nitrogens is 5. The highest BCUT2D eigenvalue weighted by atomic mass is 35.5. The van der Waals surface area contributed by atoms with E-state index >= 15 is 0 Å². The third kappa shape index (κ3) is 4.34. The van der Waals surface area contributed by atoms with E-state index in [0.29, 0.717) is 26.4 Å². The maximum atomic E-state index is 5.55. The van der Waals surface area contributed by atoms with Gasteiger partial charge in [-0.2, -0.15) is 5.10 Å². The normalized spacial score (nSPS) is 14.0. The molecule has 0 radical (unpaired) electrons. The van der Waals surface area contributed by atoms with Crippen LogP contribution in [0.15, 0.2) is 48.9 Å². The standard InChI is InChI=1S/C23H26N6O2.ClH/c1-17-4-3-5-18(14-17)29-7-6-19(26-29)20-15-21(27-9-12-31-13-10-27)22-23(25-20)28(16-24-22)8-11-30-2;/h3-7,14-16H,8-13H2,1-2H3;1H. The first-order chi connectivity index (χ1) is 15.2. The number of anilines is 1. The Labute approximate surface area is 193 Å². The highest BCUT2D eigenvalue weighted by Crippen LogP contribution is 2.30. The smallest absolute Gasteiger partial charge is 0.162 e. The maximum absolute atomic E-state index is 5.55. The second-order valence-electron chi connectivity index (χ2n) is 7.71. The van der Waals surface area contributed by atoms with E-state index in [1.54, 1.807) is 7.11 Å². The van der Waals surface area contributed by atoms with Crippen molar-refractivity contribution in [2.24, 2.45) is 0 Å². The summed E-state index contributed by atoms with van der Waals surface area (Å²) in [5, 5.41) is 4.82. The van der Waals surface area contributed by atoms with Crippen molar-refractivity contribution in [3.63, 3.8) is 0 Å². The molecule has 1 aliphatic rings. The van der Waals surface area contributed by atoms with Crippen molar-refractivity contribution >= 4 is 29.3 Å². The topological polar surface area (TPSA) is 70.2 Å². The van der Waals surface area contributed by atoms with Crippen molar-refractivity contribution < 1.29 is 9.47 Å². The predicted molar refractivity (Wildman–Crippen MR) is 127 cm³/mol. The van der Waals surface area contributed by atoms with Crippen LogP contribution >= 0.6 is 12.4 Å². The van der Waals surface area contributed by atoms with Crippen LogP contribution in [-0.2, 0) is 16.0 Å². The van der Waals surface area contributed by atoms with Crippen molar-refractivity contribution in [1.29, 1.82) is 0 Å². The van der Waals surface area contributed by atoms with E-state index < -0.39 is 0 Å². The first-order valence-electron chi connectivity index (χ1n) is 10.5. The number of hydrogen-bond donors (Lipinski definition) is 0. The minimum Gasteiger partial charge on any atom is -0.383 e. The van der Waals surface area contributed by atoms with E-state index in [9.17, 15) is 0 Å². The molecule has 4 heterocycles. The third-order valence-electron chi connectivity index (χ3n) is 5.56. The number of hydrogen-bond acceptors (Lipinski definition) is 6. The van der Waals surface area contributed by atoms with Crippen LogP contribution in [-0.4, -0.2) is 64.3 Å². The number of fused-ring (bicyclic) bond motifs is 1. The first kappa shape index (κ1) is 22.3. The summed E-state index contributed by atoms with van der Waals surface area (Å²) in [7, 11) is 1.70. The molecule has 1 saturated heterocycles. The molecule has 0 amide bonds. The van der Waals surface area contributed by atoms with Crippen LogP contribution in [0.1, 0.15) is 5.56 Å². The predicted octanol–water partition coefficient (Wildman–Crippen LogP) is 3.50. The Morgan fingerprint density at radius 1 is 1.09 bits per heavy atom. The molecule has 0 saturated carbocycles. The van der Waals surface area contributed by atoms with Gasteiger partial charge in [0.2, 0.25) is 0 Å². The average Bonchev–Trinajstić information content (AvgIpc) is 3.45. The molecule has 1 aliphatic heterocycles. The molecule has 168 valence electrons. The molecule has 0 spiro atoms. The van der Waals surface area contributed by atoms with E-state index in [1.165, 1.54) is 5.56 Å². The van der Waals surface area contributed by atoms with Crippen LogP contribution in [0.2, 0.25) is 0 Å². The zero-order valence-electron chi connectivity index (χ0n) is 18.3. The van der Waals surface area contributed by atoms with E-state index in [1.807, 2.05) is 33.9 Å². The van der Waals surface area contributed by atoms with E-state index in [2.05, 4.69) is 41.1 Å². The summed E-state index contributed by atoms with van der Waals surface area (Å²) in [5.41, 5.74) is 6.72. The average molecular weight is 455 g/mol. The minimum absolute atomic E-state index is 0. The summed E-state index contributed by atoms with van der Waals surface area (Å²) in [6, 6.07) is 12.4. The molecule has 0 unspecified atom stereocenters. The van der Waals surface area contributed by atoms with Gasteiger partial charge in [0, 0.05) is 32.9 Å². The molecule has 0 N–H and O–H groups in total. The lowest BCUT2D eigenvalue weighted by Gasteiger charge is -2.29. The summed E-state index contributed by atoms with van der Waals surface area (Å²) < 4.78 is 14.8. The van der Waals surface area contributed by atoms with Gasteiger partial charge < -0.3 is 18.9 Å². The number of pyridine rings is 1. The number of imidazole rings is 1. The second kappa shape index (κ2) is 9.68. The molecule has 3 aromatic heterocycles. The highest BCUT2D eigenvalue weighted by molar-refractivity contribution is 5.89. The lowest BCUT2D eigenvalue weighted by molar-refractivity contribution is 0.123. The number of halogens is 1. The van der Waals surface area contributed by atoms with Gasteiger partial charge in [0.15, 0.2) is 5.65 Å². The number of rotatable bonds is 6. The van der Waals surface area contributed by atoms with E-state index in [4.69, 9.17) is 19.6 Å². The molecule has 0 atom stereocenters. The van der Waals surface area contributed by atoms with Crippen molar-refractivity contribution in [3.05, 3.63) is 54.5 Å². The molecule has 1 aromatic carbocycles. The maximum Gasteiger partial charge on any atom is 0.162 e. The minimum atomic E-state index is 0. The van der Waals surface area contributed by atoms with Crippen LogP contribution < -0.4 is 4.90 Å². The molecule has 0 aliphatic carbocycles. The third-order valence-corrected chi connectivity index (χ3v) is 5.56. The van der Waals surface area contributed by atoms with Gasteiger partial charge in [-0.3, -0.25) is 0 Å². The van der Waals surface area contributed by atoms with Crippen molar-refractivity contribution in [2.45, 2.75) is 13.5 Å². The van der Waals surface area contributed by atoms with E-state index in [0.717, 1.165) is 47.0 Å². The summed E-state index contributed by atoms with van der Waals surface area (Å²) in [4.78, 5) is 12.0. The lowest BCUT2D eigenvalue weighted by Crippen LogP contribution is -2.36. The van der Waals surface area contributed by atoms with E-state index in [-0.39, 0.29) is 12.4 Å². The van der Waals surface area contributed by atoms with Gasteiger partial charge in [-0.25, -0.2) is 14.6 Å². The summed E-state index contributed by atoms with van der Waals surface area (Å²) >= 11 is 0. The molecule has 1 fully saturated rings. The summed E-state index contributed by atoms with van der Waals surface area (Å²) in [6.45, 7) is 6.48. The summed E-state index contributed by atoms with van der Waals surface area (Å²) in [5.74, 6) is 0. The quantitative estimate of drug-likeness (QED) is 0.444. The molecule has 5 rings (SSSR count).